The van der Waals surface area contributed by atoms with Crippen LogP contribution >= 0.6 is 69.7 Å². The van der Waals surface area contributed by atoms with Crippen LogP contribution in [0.1, 0.15) is 134 Å². The summed E-state index contributed by atoms with van der Waals surface area (Å²) in [4.78, 5) is 14.4. The zero-order valence-corrected chi connectivity index (χ0v) is 93.2. The number of halogens is 8. The predicted octanol–water partition coefficient (Wildman–Crippen LogP) is 28.2. The average molecular weight is 2240 g/mol. The molecule has 3 aliphatic heterocycles. The molecular formula is C112H129Cl7FN9O4Ru3. The maximum Gasteiger partial charge on any atom is 0.0146 e. The summed E-state index contributed by atoms with van der Waals surface area (Å²) in [6, 6.07) is 66.8. The molecule has 0 bridgehead atoms. The third kappa shape index (κ3) is 30.6. The number of hydrogen-bond donors (Lipinski definition) is 0. The molecule has 0 saturated carbocycles. The Kier molecular flexibility index (Phi) is 41.2. The van der Waals surface area contributed by atoms with E-state index in [1.54, 1.807) is 39.1 Å². The van der Waals surface area contributed by atoms with Crippen LogP contribution in [0.3, 0.4) is 0 Å². The van der Waals surface area contributed by atoms with Crippen LogP contribution in [0.5, 0.6) is 23.0 Å². The van der Waals surface area contributed by atoms with Gasteiger partial charge in [0, 0.05) is 73.4 Å². The Morgan fingerprint density at radius 3 is 0.662 bits per heavy atom. The minimum atomic E-state index is -2.02. The van der Waals surface area contributed by atoms with Crippen LogP contribution in [0.15, 0.2) is 200 Å². The summed E-state index contributed by atoms with van der Waals surface area (Å²) < 4.78 is 45.9. The van der Waals surface area contributed by atoms with Crippen LogP contribution in [0, 0.1) is 150 Å². The monoisotopic (exact) mass is 2230 g/mol. The fraction of sp³-hybridized carbons (Fsp3) is 0.277. The van der Waals surface area contributed by atoms with Gasteiger partial charge in [0.25, 0.3) is 0 Å². The van der Waals surface area contributed by atoms with Gasteiger partial charge in [-0.3, -0.25) is 0 Å². The van der Waals surface area contributed by atoms with Gasteiger partial charge >= 0.3 is 441 Å². The number of ether oxygens (including phenoxy) is 4. The summed E-state index contributed by atoms with van der Waals surface area (Å²) in [5.74, 6) is 2.88. The van der Waals surface area contributed by atoms with Gasteiger partial charge in [-0.15, -0.1) is 0 Å². The van der Waals surface area contributed by atoms with Crippen LogP contribution in [-0.2, 0) is 40.6 Å². The molecule has 24 heteroatoms. The second-order valence-electron chi connectivity index (χ2n) is 34.8. The second kappa shape index (κ2) is 51.3. The molecule has 13 nitrogen and oxygen atoms in total. The van der Waals surface area contributed by atoms with Crippen LogP contribution in [0.25, 0.3) is 0 Å². The molecule has 726 valence electrons. The van der Waals surface area contributed by atoms with E-state index in [-0.39, 0.29) is 5.82 Å². The first-order valence-corrected chi connectivity index (χ1v) is 61.5. The topological polar surface area (TPSA) is 65.4 Å². The maximum absolute atomic E-state index is 13.4. The molecule has 0 aliphatic carbocycles. The SMILES string of the molecule is COc1ccc(C=[N+](C)c2ccc(Cl)cc2)c([CH]=[Ru]([Cl])[Cl])c1.COc1ccc([N+](C)=Cc2ccc(F)cc2[CH]=[Ru]([Cl])[Cl])cc1.COc1ccc([N+](C)=Cc2ccc(OC)cc2[CH]=[Ru]([Cl])[Cl])cc1.Cc1cc(C)c(N2[CH-]N(c3c(C)cc(C)cc3C)CC2)c(C)c1.Cc1cc(C)c(N2[CH-]N(c3c(C)cc(C)cc3C)CC2)c(C)c1.Cc1cc(C)c(N2[CH-]N(c3c(C)cc(C)cc3C)CC2)c(C)c1. The van der Waals surface area contributed by atoms with Gasteiger partial charge in [-0.1, -0.05) is 106 Å². The van der Waals surface area contributed by atoms with E-state index in [1.807, 2.05) is 172 Å². The van der Waals surface area contributed by atoms with E-state index in [1.165, 1.54) is 146 Å². The molecule has 12 aromatic rings. The van der Waals surface area contributed by atoms with Crippen LogP contribution in [-0.4, -0.2) is 135 Å². The molecule has 0 aromatic heterocycles. The van der Waals surface area contributed by atoms with E-state index in [9.17, 15) is 4.39 Å². The molecule has 0 amide bonds. The predicted molar refractivity (Wildman–Crippen MR) is 574 cm³/mol. The third-order valence-electron chi connectivity index (χ3n) is 23.5. The number of rotatable bonds is 19. The van der Waals surface area contributed by atoms with Crippen molar-refractivity contribution in [2.24, 2.45) is 0 Å². The molecule has 0 N–H and O–H groups in total. The van der Waals surface area contributed by atoms with Crippen LogP contribution in [0.2, 0.25) is 5.02 Å². The van der Waals surface area contributed by atoms with Crippen molar-refractivity contribution in [3.05, 3.63) is 365 Å². The minimum absolute atomic E-state index is 0.306. The first-order valence-electron chi connectivity index (χ1n) is 44.7. The van der Waals surface area contributed by atoms with Crippen molar-refractivity contribution in [3.8, 4) is 23.0 Å². The molecule has 136 heavy (non-hydrogen) atoms. The molecule has 3 saturated heterocycles. The fourth-order valence-corrected chi connectivity index (χ4v) is 23.8. The van der Waals surface area contributed by atoms with Gasteiger partial charge in [-0.05, 0) is 191 Å². The van der Waals surface area contributed by atoms with Gasteiger partial charge < -0.3 is 29.4 Å². The molecular weight excluding hydrogens is 2110 g/mol. The normalized spacial score (nSPS) is 13.4. The van der Waals surface area contributed by atoms with Crippen LogP contribution < -0.4 is 48.3 Å². The second-order valence-corrected chi connectivity index (χ2v) is 52.4. The molecule has 3 fully saturated rings. The first kappa shape index (κ1) is 109. The Balaban J connectivity index is 0.000000169. The van der Waals surface area contributed by atoms with E-state index in [0.29, 0.717) is 10.6 Å². The van der Waals surface area contributed by atoms with Gasteiger partial charge in [0.1, 0.15) is 0 Å². The minimum Gasteiger partial charge on any atom is -0.502 e. The van der Waals surface area contributed by atoms with E-state index in [2.05, 4.69) is 247 Å². The summed E-state index contributed by atoms with van der Waals surface area (Å²) in [7, 11) is 48.4. The van der Waals surface area contributed by atoms with Gasteiger partial charge in [0.2, 0.25) is 0 Å². The zero-order valence-electron chi connectivity index (χ0n) is 82.7. The fourth-order valence-electron chi connectivity index (χ4n) is 18.2. The third-order valence-corrected chi connectivity index (χ3v) is 29.3. The molecule has 0 atom stereocenters. The molecule has 3 aliphatic rings. The Labute approximate surface area is 853 Å². The zero-order chi connectivity index (χ0) is 99.2. The Bertz CT molecular complexity index is 5800. The quantitative estimate of drug-likeness (QED) is 0.0339. The summed E-state index contributed by atoms with van der Waals surface area (Å²) in [5.41, 5.74) is 41.2. The number of aryl methyl sites for hydroxylation is 18. The van der Waals surface area contributed by atoms with Crippen molar-refractivity contribution in [1.82, 2.24) is 0 Å². The molecule has 12 aromatic carbocycles. The number of hydrogen-bond acceptors (Lipinski definition) is 10. The van der Waals surface area contributed by atoms with E-state index >= 15 is 0 Å². The van der Waals surface area contributed by atoms with Crippen molar-refractivity contribution < 1.29 is 77.6 Å². The van der Waals surface area contributed by atoms with E-state index < -0.39 is 40.6 Å². The van der Waals surface area contributed by atoms with Crippen molar-refractivity contribution >= 4 is 153 Å². The molecule has 15 rings (SSSR count). The van der Waals surface area contributed by atoms with Crippen LogP contribution in [0.4, 0.5) is 55.6 Å². The summed E-state index contributed by atoms with van der Waals surface area (Å²) >= 11 is 0.0649. The van der Waals surface area contributed by atoms with E-state index in [4.69, 9.17) is 88.7 Å². The van der Waals surface area contributed by atoms with Crippen molar-refractivity contribution in [1.29, 1.82) is 0 Å². The van der Waals surface area contributed by atoms with Crippen molar-refractivity contribution in [2.45, 2.75) is 125 Å². The van der Waals surface area contributed by atoms with Gasteiger partial charge in [-0.25, -0.2) is 0 Å². The van der Waals surface area contributed by atoms with Gasteiger partial charge in [-0.2, -0.15) is 20.0 Å². The first-order chi connectivity index (χ1) is 64.6. The Hall–Kier alpha value is -8.91. The number of methoxy groups -OCH3 is 4. The van der Waals surface area contributed by atoms with Crippen molar-refractivity contribution in [3.63, 3.8) is 0 Å². The van der Waals surface area contributed by atoms with E-state index in [0.717, 1.165) is 107 Å². The summed E-state index contributed by atoms with van der Waals surface area (Å²) in [6.07, 6.45) is 5.98. The van der Waals surface area contributed by atoms with Gasteiger partial charge in [0.15, 0.2) is 0 Å². The average Bonchev–Trinajstić information content (AvgIpc) is 1.65. The largest absolute Gasteiger partial charge is 0.502 e. The Morgan fingerprint density at radius 2 is 0.456 bits per heavy atom. The van der Waals surface area contributed by atoms with Crippen molar-refractivity contribution in [2.75, 3.05) is 118 Å². The molecule has 0 spiro atoms. The number of benzene rings is 12. The number of nitrogens with zero attached hydrogens (tertiary/aromatic N) is 9. The Morgan fingerprint density at radius 1 is 0.265 bits per heavy atom. The molecule has 3 heterocycles. The standard InChI is InChI=1S/3C21H27N2.C17H18NO2.C16H15ClNO.C16H15FNO.6ClH.3Ru/c3*1-14-9-16(3)20(17(4)10-14)22-7-8-23(13-22)21-18(5)11-15(2)12-19(21)6;1-13-11-17(20-4)8-5-14(13)12-18(2)15-6-9-16(19-3)10-7-15;1-12-10-16(19-3)9-4-13(12)11-18(2)15-7-5-14(17)6-8-15;1-12-10-14(17)5-4-13(12)11-18(2)15-6-8-16(19-3)9-7-15;;;;;;;;;/h3*9-13H,7-8H2,1-6H3;1,5-12H,2-4H3;2*1,4-11H,2-3H3;6*1H;;;/q3*-1;3*+1;;;;;;;3*+2/p-6. The summed E-state index contributed by atoms with van der Waals surface area (Å²) in [5, 5.41) is 0.717. The molecule has 0 radical (unpaired) electrons. The summed E-state index contributed by atoms with van der Waals surface area (Å²) in [6.45, 7) is 52.7. The molecule has 0 unspecified atom stereocenters. The smallest absolute Gasteiger partial charge is 0.0146 e. The van der Waals surface area contributed by atoms with Gasteiger partial charge in [0.05, 0.1) is 0 Å². The maximum atomic E-state index is 13.4. The number of anilines is 6.